The van der Waals surface area contributed by atoms with E-state index >= 15 is 0 Å². The molecule has 0 aliphatic carbocycles. The number of rotatable bonds is 8. The van der Waals surface area contributed by atoms with Crippen LogP contribution in [0.4, 0.5) is 0 Å². The summed E-state index contributed by atoms with van der Waals surface area (Å²) >= 11 is 0. The van der Waals surface area contributed by atoms with Crippen molar-refractivity contribution in [3.8, 4) is 0 Å². The van der Waals surface area contributed by atoms with Gasteiger partial charge in [-0.1, -0.05) is 31.2 Å². The van der Waals surface area contributed by atoms with Gasteiger partial charge in [0.1, 0.15) is 0 Å². The fourth-order valence-corrected chi connectivity index (χ4v) is 2.11. The van der Waals surface area contributed by atoms with Gasteiger partial charge in [0, 0.05) is 12.6 Å². The molecule has 3 nitrogen and oxygen atoms in total. The number of hydrogen-bond acceptors (Lipinski definition) is 3. The fourth-order valence-electron chi connectivity index (χ4n) is 2.11. The van der Waals surface area contributed by atoms with Gasteiger partial charge in [0.2, 0.25) is 0 Å². The molecule has 114 valence electrons. The third kappa shape index (κ3) is 5.23. The van der Waals surface area contributed by atoms with Crippen molar-refractivity contribution < 1.29 is 9.84 Å². The lowest BCUT2D eigenvalue weighted by Gasteiger charge is -2.29. The second-order valence-electron chi connectivity index (χ2n) is 5.68. The Hall–Kier alpha value is -0.900. The van der Waals surface area contributed by atoms with Gasteiger partial charge in [-0.25, -0.2) is 0 Å². The molecule has 1 aromatic carbocycles. The molecule has 1 N–H and O–H groups in total. The van der Waals surface area contributed by atoms with Crippen molar-refractivity contribution in [3.63, 3.8) is 0 Å². The van der Waals surface area contributed by atoms with Crippen LogP contribution in [-0.4, -0.2) is 42.4 Å². The van der Waals surface area contributed by atoms with Crippen LogP contribution in [-0.2, 0) is 11.2 Å². The quantitative estimate of drug-likeness (QED) is 0.794. The maximum absolute atomic E-state index is 10.4. The summed E-state index contributed by atoms with van der Waals surface area (Å²) in [5, 5.41) is 10.4. The summed E-state index contributed by atoms with van der Waals surface area (Å²) in [4.78, 5) is 2.14. The van der Waals surface area contributed by atoms with Gasteiger partial charge in [0.05, 0.1) is 18.8 Å². The lowest BCUT2D eigenvalue weighted by atomic mass is 10.0. The van der Waals surface area contributed by atoms with Crippen LogP contribution in [0.1, 0.15) is 44.9 Å². The van der Waals surface area contributed by atoms with E-state index < -0.39 is 6.10 Å². The Morgan fingerprint density at radius 1 is 1.15 bits per heavy atom. The topological polar surface area (TPSA) is 32.7 Å². The highest BCUT2D eigenvalue weighted by atomic mass is 16.5. The van der Waals surface area contributed by atoms with E-state index in [0.29, 0.717) is 6.61 Å². The predicted octanol–water partition coefficient (Wildman–Crippen LogP) is 3.03. The van der Waals surface area contributed by atoms with Crippen LogP contribution in [0.5, 0.6) is 0 Å². The molecule has 1 rings (SSSR count). The molecule has 3 heteroatoms. The number of aliphatic hydroxyl groups is 1. The number of ether oxygens (including phenoxy) is 1. The lowest BCUT2D eigenvalue weighted by Crippen LogP contribution is -2.37. The van der Waals surface area contributed by atoms with Crippen LogP contribution in [0.15, 0.2) is 24.3 Å². The minimum absolute atomic E-state index is 0.0678. The molecule has 0 aliphatic heterocycles. The van der Waals surface area contributed by atoms with Gasteiger partial charge in [-0.15, -0.1) is 0 Å². The molecule has 20 heavy (non-hydrogen) atoms. The van der Waals surface area contributed by atoms with Gasteiger partial charge in [0.15, 0.2) is 0 Å². The summed E-state index contributed by atoms with van der Waals surface area (Å²) in [5.74, 6) is 0. The molecule has 0 aliphatic rings. The van der Waals surface area contributed by atoms with Gasteiger partial charge in [0.25, 0.3) is 0 Å². The summed E-state index contributed by atoms with van der Waals surface area (Å²) in [7, 11) is 2.03. The first-order valence-corrected chi connectivity index (χ1v) is 7.54. The van der Waals surface area contributed by atoms with Gasteiger partial charge in [-0.2, -0.15) is 0 Å². The molecule has 0 saturated carbocycles. The maximum Gasteiger partial charge on any atom is 0.0942 e. The molecule has 0 radical (unpaired) electrons. The average molecular weight is 279 g/mol. The number of aryl methyl sites for hydroxylation is 1. The van der Waals surface area contributed by atoms with Crippen molar-refractivity contribution in [3.05, 3.63) is 35.4 Å². The number of likely N-dealkylation sites (N-methyl/N-ethyl adjacent to an activating group) is 1. The van der Waals surface area contributed by atoms with E-state index in [1.54, 1.807) is 0 Å². The average Bonchev–Trinajstić information content (AvgIpc) is 2.45. The fraction of sp³-hybridized carbons (Fsp3) is 0.647. The smallest absolute Gasteiger partial charge is 0.0942 e. The first-order valence-electron chi connectivity index (χ1n) is 7.54. The SMILES string of the molecule is CCc1ccc(C(O)C(C)N(C)CCOC(C)C)cc1. The number of benzene rings is 1. The molecule has 0 spiro atoms. The first kappa shape index (κ1) is 17.2. The van der Waals surface area contributed by atoms with Crippen LogP contribution >= 0.6 is 0 Å². The van der Waals surface area contributed by atoms with E-state index in [0.717, 1.165) is 18.5 Å². The Kier molecular flexibility index (Phi) is 7.20. The molecule has 2 atom stereocenters. The van der Waals surface area contributed by atoms with E-state index in [9.17, 15) is 5.11 Å². The van der Waals surface area contributed by atoms with E-state index in [1.807, 2.05) is 40.0 Å². The molecule has 0 fully saturated rings. The zero-order valence-corrected chi connectivity index (χ0v) is 13.5. The molecule has 2 unspecified atom stereocenters. The molecule has 1 aromatic rings. The number of hydrogen-bond donors (Lipinski definition) is 1. The second kappa shape index (κ2) is 8.40. The molecule has 0 saturated heterocycles. The van der Waals surface area contributed by atoms with E-state index in [-0.39, 0.29) is 12.1 Å². The van der Waals surface area contributed by atoms with Gasteiger partial charge in [-0.05, 0) is 45.4 Å². The Labute approximate surface area is 123 Å². The van der Waals surface area contributed by atoms with Gasteiger partial charge >= 0.3 is 0 Å². The van der Waals surface area contributed by atoms with Crippen LogP contribution in [0, 0.1) is 0 Å². The Bertz CT molecular complexity index is 375. The molecule has 0 heterocycles. The zero-order chi connectivity index (χ0) is 15.1. The number of nitrogens with zero attached hydrogens (tertiary/aromatic N) is 1. The van der Waals surface area contributed by atoms with E-state index in [1.165, 1.54) is 5.56 Å². The highest BCUT2D eigenvalue weighted by molar-refractivity contribution is 5.24. The van der Waals surface area contributed by atoms with Crippen molar-refractivity contribution in [2.75, 3.05) is 20.2 Å². The minimum atomic E-state index is -0.468. The molecule has 0 bridgehead atoms. The second-order valence-corrected chi connectivity index (χ2v) is 5.68. The summed E-state index contributed by atoms with van der Waals surface area (Å²) in [5.41, 5.74) is 2.28. The maximum atomic E-state index is 10.4. The van der Waals surface area contributed by atoms with Crippen molar-refractivity contribution in [1.29, 1.82) is 0 Å². The third-order valence-electron chi connectivity index (χ3n) is 3.78. The first-order chi connectivity index (χ1) is 9.45. The monoisotopic (exact) mass is 279 g/mol. The summed E-state index contributed by atoms with van der Waals surface area (Å²) in [6, 6.07) is 8.30. The lowest BCUT2D eigenvalue weighted by molar-refractivity contribution is 0.0292. The van der Waals surface area contributed by atoms with Crippen molar-refractivity contribution >= 4 is 0 Å². The standard InChI is InChI=1S/C17H29NO2/c1-6-15-7-9-16(10-8-15)17(19)14(4)18(5)11-12-20-13(2)3/h7-10,13-14,17,19H,6,11-12H2,1-5H3. The van der Waals surface area contributed by atoms with Crippen LogP contribution in [0.25, 0.3) is 0 Å². The largest absolute Gasteiger partial charge is 0.387 e. The molecule has 0 aromatic heterocycles. The summed E-state index contributed by atoms with van der Waals surface area (Å²) < 4.78 is 5.56. The molecule has 0 amide bonds. The predicted molar refractivity (Wildman–Crippen MR) is 84.0 cm³/mol. The molecular formula is C17H29NO2. The van der Waals surface area contributed by atoms with Crippen molar-refractivity contribution in [2.24, 2.45) is 0 Å². The van der Waals surface area contributed by atoms with Gasteiger partial charge < -0.3 is 9.84 Å². The third-order valence-corrected chi connectivity index (χ3v) is 3.78. The van der Waals surface area contributed by atoms with Crippen LogP contribution in [0.2, 0.25) is 0 Å². The number of aliphatic hydroxyl groups excluding tert-OH is 1. The highest BCUT2D eigenvalue weighted by Crippen LogP contribution is 2.20. The van der Waals surface area contributed by atoms with Crippen molar-refractivity contribution in [1.82, 2.24) is 4.90 Å². The molecular weight excluding hydrogens is 250 g/mol. The Morgan fingerprint density at radius 2 is 1.75 bits per heavy atom. The van der Waals surface area contributed by atoms with Crippen LogP contribution in [0.3, 0.4) is 0 Å². The zero-order valence-electron chi connectivity index (χ0n) is 13.5. The van der Waals surface area contributed by atoms with Gasteiger partial charge in [-0.3, -0.25) is 4.90 Å². The van der Waals surface area contributed by atoms with Crippen LogP contribution < -0.4 is 0 Å². The van der Waals surface area contributed by atoms with E-state index in [2.05, 4.69) is 24.0 Å². The Morgan fingerprint density at radius 3 is 2.25 bits per heavy atom. The van der Waals surface area contributed by atoms with E-state index in [4.69, 9.17) is 4.74 Å². The highest BCUT2D eigenvalue weighted by Gasteiger charge is 2.20. The normalized spacial score (nSPS) is 14.8. The Balaban J connectivity index is 2.53. The van der Waals surface area contributed by atoms with Crippen molar-refractivity contribution in [2.45, 2.75) is 52.4 Å². The minimum Gasteiger partial charge on any atom is -0.387 e. The summed E-state index contributed by atoms with van der Waals surface area (Å²) in [6.45, 7) is 9.77. The summed E-state index contributed by atoms with van der Waals surface area (Å²) in [6.07, 6.45) is 0.813.